The van der Waals surface area contributed by atoms with Crippen molar-refractivity contribution >= 4 is 26.0 Å². The Morgan fingerprint density at radius 1 is 1.29 bits per heavy atom. The van der Waals surface area contributed by atoms with Gasteiger partial charge in [-0.1, -0.05) is 0 Å². The summed E-state index contributed by atoms with van der Waals surface area (Å²) in [6, 6.07) is 2.19. The van der Waals surface area contributed by atoms with E-state index in [1.807, 2.05) is 0 Å². The average Bonchev–Trinajstić information content (AvgIpc) is 2.14. The van der Waals surface area contributed by atoms with Gasteiger partial charge in [0.05, 0.1) is 10.5 Å². The van der Waals surface area contributed by atoms with Crippen LogP contribution in [0.1, 0.15) is 10.4 Å². The first-order valence-corrected chi connectivity index (χ1v) is 6.24. The number of rotatable bonds is 3. The topological polar surface area (TPSA) is 60.4 Å². The van der Waals surface area contributed by atoms with E-state index in [1.165, 1.54) is 0 Å². The lowest BCUT2D eigenvalue weighted by atomic mass is 10.2. The molecule has 0 aliphatic heterocycles. The maximum Gasteiger partial charge on any atom is 0.573 e. The van der Waals surface area contributed by atoms with Crippen molar-refractivity contribution in [1.82, 2.24) is 0 Å². The molecular weight excluding hydrogens is 285 g/mol. The van der Waals surface area contributed by atoms with E-state index in [2.05, 4.69) is 4.74 Å². The van der Waals surface area contributed by atoms with E-state index in [1.54, 1.807) is 0 Å². The van der Waals surface area contributed by atoms with Crippen molar-refractivity contribution in [3.8, 4) is 5.75 Å². The predicted molar refractivity (Wildman–Crippen MR) is 51.6 cm³/mol. The number of carbonyl (C=O) groups excluding carboxylic acids is 1. The van der Waals surface area contributed by atoms with Crippen molar-refractivity contribution < 1.29 is 31.1 Å². The Morgan fingerprint density at radius 2 is 1.88 bits per heavy atom. The minimum atomic E-state index is -4.97. The van der Waals surface area contributed by atoms with Crippen LogP contribution in [0.5, 0.6) is 5.75 Å². The third-order valence-corrected chi connectivity index (χ3v) is 2.97. The Kier molecular flexibility index (Phi) is 3.68. The summed E-state index contributed by atoms with van der Waals surface area (Å²) in [4.78, 5) is 10.0. The number of carbonyl (C=O) groups is 1. The minimum Gasteiger partial charge on any atom is -0.405 e. The van der Waals surface area contributed by atoms with E-state index in [0.717, 1.165) is 6.07 Å². The first kappa shape index (κ1) is 13.8. The second kappa shape index (κ2) is 4.53. The molecule has 0 aromatic heterocycles. The molecule has 0 heterocycles. The molecule has 0 N–H and O–H groups in total. The van der Waals surface area contributed by atoms with E-state index in [0.29, 0.717) is 12.1 Å². The molecule has 94 valence electrons. The molecular formula is C8H4ClF3O4S. The highest BCUT2D eigenvalue weighted by atomic mass is 35.7. The lowest BCUT2D eigenvalue weighted by Crippen LogP contribution is -2.18. The molecule has 0 radical (unpaired) electrons. The molecule has 0 saturated carbocycles. The van der Waals surface area contributed by atoms with Crippen LogP contribution in [-0.2, 0) is 9.05 Å². The molecule has 0 unspecified atom stereocenters. The van der Waals surface area contributed by atoms with E-state index >= 15 is 0 Å². The molecule has 0 spiro atoms. The minimum absolute atomic E-state index is 0.0344. The van der Waals surface area contributed by atoms with Gasteiger partial charge in [0.15, 0.2) is 6.29 Å². The molecule has 0 aliphatic rings. The monoisotopic (exact) mass is 288 g/mol. The normalized spacial score (nSPS) is 12.2. The zero-order valence-corrected chi connectivity index (χ0v) is 9.43. The summed E-state index contributed by atoms with van der Waals surface area (Å²) in [6.45, 7) is 0. The van der Waals surface area contributed by atoms with Crippen molar-refractivity contribution in [3.63, 3.8) is 0 Å². The average molecular weight is 289 g/mol. The van der Waals surface area contributed by atoms with Crippen molar-refractivity contribution in [2.45, 2.75) is 11.3 Å². The highest BCUT2D eigenvalue weighted by molar-refractivity contribution is 8.13. The Labute approximate surface area is 98.4 Å². The summed E-state index contributed by atoms with van der Waals surface area (Å²) in [5, 5.41) is 0. The van der Waals surface area contributed by atoms with Crippen LogP contribution in [0, 0.1) is 0 Å². The summed E-state index contributed by atoms with van der Waals surface area (Å²) in [5.74, 6) is -0.795. The maximum atomic E-state index is 11.9. The van der Waals surface area contributed by atoms with Crippen LogP contribution >= 0.6 is 10.7 Å². The summed E-state index contributed by atoms with van der Waals surface area (Å²) in [5.41, 5.74) is -0.566. The zero-order chi connectivity index (χ0) is 13.3. The van der Waals surface area contributed by atoms with Crippen molar-refractivity contribution in [3.05, 3.63) is 23.8 Å². The van der Waals surface area contributed by atoms with Gasteiger partial charge in [-0.3, -0.25) is 4.79 Å². The number of halogens is 4. The van der Waals surface area contributed by atoms with Gasteiger partial charge in [-0.05, 0) is 18.2 Å². The molecule has 0 saturated heterocycles. The van der Waals surface area contributed by atoms with Gasteiger partial charge in [0.2, 0.25) is 0 Å². The fourth-order valence-electron chi connectivity index (χ4n) is 0.988. The van der Waals surface area contributed by atoms with Crippen molar-refractivity contribution in [1.29, 1.82) is 0 Å². The standard InChI is InChI=1S/C8H4ClF3O4S/c9-17(14,15)6-1-2-7(5(3-6)4-13)16-8(10,11)12/h1-4H. The third kappa shape index (κ3) is 3.90. The summed E-state index contributed by atoms with van der Waals surface area (Å²) in [7, 11) is 0.847. The lowest BCUT2D eigenvalue weighted by Gasteiger charge is -2.10. The number of benzene rings is 1. The van der Waals surface area contributed by atoms with Crippen LogP contribution in [0.25, 0.3) is 0 Å². The van der Waals surface area contributed by atoms with Gasteiger partial charge in [-0.25, -0.2) is 8.42 Å². The highest BCUT2D eigenvalue weighted by Crippen LogP contribution is 2.28. The van der Waals surface area contributed by atoms with Gasteiger partial charge in [0.1, 0.15) is 5.75 Å². The fraction of sp³-hybridized carbons (Fsp3) is 0.125. The number of hydrogen-bond acceptors (Lipinski definition) is 4. The van der Waals surface area contributed by atoms with Gasteiger partial charge in [0.25, 0.3) is 9.05 Å². The van der Waals surface area contributed by atoms with Crippen molar-refractivity contribution in [2.24, 2.45) is 0 Å². The molecule has 1 aromatic carbocycles. The highest BCUT2D eigenvalue weighted by Gasteiger charge is 2.32. The zero-order valence-electron chi connectivity index (χ0n) is 7.86. The van der Waals surface area contributed by atoms with Crippen LogP contribution in [0.3, 0.4) is 0 Å². The molecule has 1 aromatic rings. The Balaban J connectivity index is 3.24. The summed E-state index contributed by atoms with van der Waals surface area (Å²) >= 11 is 0. The molecule has 4 nitrogen and oxygen atoms in total. The van der Waals surface area contributed by atoms with Crippen LogP contribution in [0.4, 0.5) is 13.2 Å². The van der Waals surface area contributed by atoms with Gasteiger partial charge in [-0.15, -0.1) is 13.2 Å². The number of hydrogen-bond donors (Lipinski definition) is 0. The number of ether oxygens (including phenoxy) is 1. The van der Waals surface area contributed by atoms with Crippen LogP contribution < -0.4 is 4.74 Å². The van der Waals surface area contributed by atoms with Gasteiger partial charge in [0, 0.05) is 10.7 Å². The largest absolute Gasteiger partial charge is 0.573 e. The molecule has 0 fully saturated rings. The molecule has 0 aliphatic carbocycles. The van der Waals surface area contributed by atoms with Gasteiger partial charge in [-0.2, -0.15) is 0 Å². The molecule has 0 atom stereocenters. The van der Waals surface area contributed by atoms with E-state index < -0.39 is 31.6 Å². The molecule has 0 bridgehead atoms. The predicted octanol–water partition coefficient (Wildman–Crippen LogP) is 2.33. The van der Waals surface area contributed by atoms with Crippen LogP contribution in [0.15, 0.2) is 23.1 Å². The number of alkyl halides is 3. The van der Waals surface area contributed by atoms with Crippen LogP contribution in [0.2, 0.25) is 0 Å². The third-order valence-electron chi connectivity index (χ3n) is 1.62. The quantitative estimate of drug-likeness (QED) is 0.632. The summed E-state index contributed by atoms with van der Waals surface area (Å²) in [6.07, 6.45) is -4.94. The molecule has 1 rings (SSSR count). The Morgan fingerprint density at radius 3 is 2.29 bits per heavy atom. The van der Waals surface area contributed by atoms with E-state index in [4.69, 9.17) is 10.7 Å². The Hall–Kier alpha value is -1.28. The second-order valence-corrected chi connectivity index (χ2v) is 5.37. The SMILES string of the molecule is O=Cc1cc(S(=O)(=O)Cl)ccc1OC(F)(F)F. The Bertz CT molecular complexity index is 538. The first-order chi connectivity index (χ1) is 7.63. The fourth-order valence-corrected chi connectivity index (χ4v) is 1.77. The van der Waals surface area contributed by atoms with Crippen molar-refractivity contribution in [2.75, 3.05) is 0 Å². The summed E-state index contributed by atoms with van der Waals surface area (Å²) < 4.78 is 61.0. The maximum absolute atomic E-state index is 11.9. The van der Waals surface area contributed by atoms with E-state index in [9.17, 15) is 26.4 Å². The number of aldehydes is 1. The van der Waals surface area contributed by atoms with E-state index in [-0.39, 0.29) is 6.29 Å². The molecule has 9 heteroatoms. The first-order valence-electron chi connectivity index (χ1n) is 3.93. The van der Waals surface area contributed by atoms with Gasteiger partial charge < -0.3 is 4.74 Å². The van der Waals surface area contributed by atoms with Crippen LogP contribution in [-0.4, -0.2) is 21.1 Å². The van der Waals surface area contributed by atoms with Gasteiger partial charge >= 0.3 is 6.36 Å². The molecule has 17 heavy (non-hydrogen) atoms. The smallest absolute Gasteiger partial charge is 0.405 e. The lowest BCUT2D eigenvalue weighted by molar-refractivity contribution is -0.274. The second-order valence-electron chi connectivity index (χ2n) is 2.80. The molecule has 0 amide bonds.